The van der Waals surface area contributed by atoms with E-state index in [0.717, 1.165) is 22.1 Å². The SMILES string of the molecule is CC#CCC(CSc1ccccc1Cl)NN. The fraction of sp³-hybridized carbons (Fsp3) is 0.333. The Labute approximate surface area is 106 Å². The number of hydrogen-bond acceptors (Lipinski definition) is 3. The molecule has 0 radical (unpaired) electrons. The van der Waals surface area contributed by atoms with Gasteiger partial charge in [-0.05, 0) is 19.1 Å². The van der Waals surface area contributed by atoms with Crippen molar-refractivity contribution in [2.45, 2.75) is 24.3 Å². The summed E-state index contributed by atoms with van der Waals surface area (Å²) < 4.78 is 0. The number of halogens is 1. The predicted octanol–water partition coefficient (Wildman–Crippen LogP) is 2.68. The van der Waals surface area contributed by atoms with Gasteiger partial charge in [-0.25, -0.2) is 0 Å². The van der Waals surface area contributed by atoms with Crippen LogP contribution in [0.4, 0.5) is 0 Å². The van der Waals surface area contributed by atoms with Crippen molar-refractivity contribution in [3.05, 3.63) is 29.3 Å². The molecule has 1 aromatic rings. The lowest BCUT2D eigenvalue weighted by Crippen LogP contribution is -2.36. The highest BCUT2D eigenvalue weighted by Gasteiger charge is 2.07. The lowest BCUT2D eigenvalue weighted by molar-refractivity contribution is 0.591. The summed E-state index contributed by atoms with van der Waals surface area (Å²) >= 11 is 7.74. The first-order valence-electron chi connectivity index (χ1n) is 5.01. The summed E-state index contributed by atoms with van der Waals surface area (Å²) in [5, 5.41) is 0.782. The molecule has 1 unspecified atom stereocenters. The van der Waals surface area contributed by atoms with Crippen molar-refractivity contribution in [2.24, 2.45) is 5.84 Å². The summed E-state index contributed by atoms with van der Waals surface area (Å²) in [6.07, 6.45) is 0.754. The molecule has 1 aromatic carbocycles. The summed E-state index contributed by atoms with van der Waals surface area (Å²) in [6, 6.07) is 7.99. The lowest BCUT2D eigenvalue weighted by Gasteiger charge is -2.12. The maximum absolute atomic E-state index is 6.05. The van der Waals surface area contributed by atoms with E-state index < -0.39 is 0 Å². The maximum Gasteiger partial charge on any atom is 0.0541 e. The number of hydrazine groups is 1. The van der Waals surface area contributed by atoms with E-state index in [1.165, 1.54) is 0 Å². The van der Waals surface area contributed by atoms with Crippen LogP contribution in [-0.4, -0.2) is 11.8 Å². The molecule has 3 N–H and O–H groups in total. The molecule has 0 aliphatic carbocycles. The van der Waals surface area contributed by atoms with Gasteiger partial charge < -0.3 is 0 Å². The molecule has 0 aliphatic rings. The topological polar surface area (TPSA) is 38.0 Å². The molecule has 0 fully saturated rings. The van der Waals surface area contributed by atoms with Gasteiger partial charge in [0.05, 0.1) is 5.02 Å². The van der Waals surface area contributed by atoms with Crippen molar-refractivity contribution in [3.63, 3.8) is 0 Å². The monoisotopic (exact) mass is 254 g/mol. The van der Waals surface area contributed by atoms with Crippen LogP contribution in [0.1, 0.15) is 13.3 Å². The number of nitrogens with two attached hydrogens (primary N) is 1. The predicted molar refractivity (Wildman–Crippen MR) is 71.4 cm³/mol. The van der Waals surface area contributed by atoms with Crippen molar-refractivity contribution >= 4 is 23.4 Å². The second-order valence-electron chi connectivity index (χ2n) is 3.24. The van der Waals surface area contributed by atoms with Crippen LogP contribution in [0.2, 0.25) is 5.02 Å². The van der Waals surface area contributed by atoms with Crippen LogP contribution >= 0.6 is 23.4 Å². The Balaban J connectivity index is 2.48. The lowest BCUT2D eigenvalue weighted by atomic mass is 10.2. The van der Waals surface area contributed by atoms with E-state index in [-0.39, 0.29) is 6.04 Å². The summed E-state index contributed by atoms with van der Waals surface area (Å²) in [4.78, 5) is 1.08. The third kappa shape index (κ3) is 4.46. The first-order chi connectivity index (χ1) is 7.77. The Hall–Kier alpha value is -0.660. The van der Waals surface area contributed by atoms with Crippen LogP contribution in [0.3, 0.4) is 0 Å². The van der Waals surface area contributed by atoms with E-state index in [1.54, 1.807) is 11.8 Å². The minimum Gasteiger partial charge on any atom is -0.271 e. The molecule has 0 spiro atoms. The summed E-state index contributed by atoms with van der Waals surface area (Å²) in [6.45, 7) is 1.83. The number of rotatable bonds is 5. The number of benzene rings is 1. The fourth-order valence-corrected chi connectivity index (χ4v) is 2.42. The molecular weight excluding hydrogens is 240 g/mol. The third-order valence-electron chi connectivity index (χ3n) is 2.04. The van der Waals surface area contributed by atoms with E-state index in [4.69, 9.17) is 17.4 Å². The first kappa shape index (κ1) is 13.4. The normalized spacial score (nSPS) is 11.7. The molecule has 0 saturated carbocycles. The van der Waals surface area contributed by atoms with Crippen LogP contribution in [0, 0.1) is 11.8 Å². The van der Waals surface area contributed by atoms with E-state index in [2.05, 4.69) is 17.3 Å². The minimum absolute atomic E-state index is 0.189. The van der Waals surface area contributed by atoms with Crippen LogP contribution < -0.4 is 11.3 Å². The van der Waals surface area contributed by atoms with Gasteiger partial charge >= 0.3 is 0 Å². The second kappa shape index (κ2) is 7.59. The van der Waals surface area contributed by atoms with Gasteiger partial charge in [0.25, 0.3) is 0 Å². The highest BCUT2D eigenvalue weighted by molar-refractivity contribution is 7.99. The van der Waals surface area contributed by atoms with Crippen molar-refractivity contribution < 1.29 is 0 Å². The maximum atomic E-state index is 6.05. The molecule has 0 amide bonds. The smallest absolute Gasteiger partial charge is 0.0541 e. The van der Waals surface area contributed by atoms with Gasteiger partial charge in [0.15, 0.2) is 0 Å². The molecule has 86 valence electrons. The quantitative estimate of drug-likeness (QED) is 0.367. The number of thioether (sulfide) groups is 1. The van der Waals surface area contributed by atoms with Crippen LogP contribution in [0.25, 0.3) is 0 Å². The average Bonchev–Trinajstić information content (AvgIpc) is 2.31. The molecule has 4 heteroatoms. The van der Waals surface area contributed by atoms with Gasteiger partial charge in [0.1, 0.15) is 0 Å². The average molecular weight is 255 g/mol. The zero-order valence-corrected chi connectivity index (χ0v) is 10.7. The second-order valence-corrected chi connectivity index (χ2v) is 4.70. The van der Waals surface area contributed by atoms with Gasteiger partial charge in [-0.3, -0.25) is 11.3 Å². The van der Waals surface area contributed by atoms with Crippen LogP contribution in [0.5, 0.6) is 0 Å². The van der Waals surface area contributed by atoms with Crippen LogP contribution in [-0.2, 0) is 0 Å². The zero-order chi connectivity index (χ0) is 11.8. The summed E-state index contributed by atoms with van der Waals surface area (Å²) in [5.41, 5.74) is 2.76. The molecule has 1 atom stereocenters. The Bertz CT molecular complexity index is 384. The molecule has 0 aromatic heterocycles. The van der Waals surface area contributed by atoms with Crippen molar-refractivity contribution in [1.29, 1.82) is 0 Å². The van der Waals surface area contributed by atoms with E-state index in [1.807, 2.05) is 31.2 Å². The van der Waals surface area contributed by atoms with Crippen molar-refractivity contribution in [1.82, 2.24) is 5.43 Å². The molecule has 1 rings (SSSR count). The van der Waals surface area contributed by atoms with E-state index in [0.29, 0.717) is 0 Å². The molecule has 16 heavy (non-hydrogen) atoms. The molecule has 0 heterocycles. The molecule has 0 saturated heterocycles. The fourth-order valence-electron chi connectivity index (χ4n) is 1.14. The number of hydrogen-bond donors (Lipinski definition) is 2. The van der Waals surface area contributed by atoms with Gasteiger partial charge in [-0.15, -0.1) is 23.6 Å². The van der Waals surface area contributed by atoms with Crippen molar-refractivity contribution in [3.8, 4) is 11.8 Å². The molecule has 0 bridgehead atoms. The first-order valence-corrected chi connectivity index (χ1v) is 6.37. The molecule has 0 aliphatic heterocycles. The minimum atomic E-state index is 0.189. The standard InChI is InChI=1S/C12H15ClN2S/c1-2-3-6-10(15-14)9-16-12-8-5-4-7-11(12)13/h4-5,7-8,10,15H,6,9,14H2,1H3. The highest BCUT2D eigenvalue weighted by atomic mass is 35.5. The summed E-state index contributed by atoms with van der Waals surface area (Å²) in [7, 11) is 0. The van der Waals surface area contributed by atoms with Crippen molar-refractivity contribution in [2.75, 3.05) is 5.75 Å². The Morgan fingerprint density at radius 3 is 2.88 bits per heavy atom. The van der Waals surface area contributed by atoms with E-state index in [9.17, 15) is 0 Å². The van der Waals surface area contributed by atoms with Gasteiger partial charge in [-0.2, -0.15) is 0 Å². The van der Waals surface area contributed by atoms with E-state index >= 15 is 0 Å². The zero-order valence-electron chi connectivity index (χ0n) is 9.16. The van der Waals surface area contributed by atoms with Gasteiger partial charge in [-0.1, -0.05) is 23.7 Å². The Kier molecular flexibility index (Phi) is 6.36. The van der Waals surface area contributed by atoms with Gasteiger partial charge in [0.2, 0.25) is 0 Å². The van der Waals surface area contributed by atoms with Gasteiger partial charge in [0, 0.05) is 23.1 Å². The number of nitrogens with one attached hydrogen (secondary N) is 1. The van der Waals surface area contributed by atoms with Crippen LogP contribution in [0.15, 0.2) is 29.2 Å². The largest absolute Gasteiger partial charge is 0.271 e. The summed E-state index contributed by atoms with van der Waals surface area (Å²) in [5.74, 6) is 12.2. The third-order valence-corrected chi connectivity index (χ3v) is 3.72. The molecular formula is C12H15ClN2S. The Morgan fingerprint density at radius 2 is 2.25 bits per heavy atom. The Morgan fingerprint density at radius 1 is 1.50 bits per heavy atom. The highest BCUT2D eigenvalue weighted by Crippen LogP contribution is 2.27. The molecule has 2 nitrogen and oxygen atoms in total.